The molecule has 0 N–H and O–H groups in total. The van der Waals surface area contributed by atoms with Gasteiger partial charge in [-0.2, -0.15) is 0 Å². The van der Waals surface area contributed by atoms with Crippen LogP contribution in [-0.2, 0) is 6.42 Å². The largest absolute Gasteiger partial charge is 0.310 e. The van der Waals surface area contributed by atoms with E-state index in [0.717, 1.165) is 92.1 Å². The number of aryl methyl sites for hydroxylation is 1. The van der Waals surface area contributed by atoms with Crippen LogP contribution < -0.4 is 26.2 Å². The highest BCUT2D eigenvalue weighted by Crippen LogP contribution is 2.55. The molecule has 0 aliphatic carbocycles. The van der Waals surface area contributed by atoms with Crippen LogP contribution in [0.4, 0.5) is 34.1 Å². The van der Waals surface area contributed by atoms with E-state index < -0.39 is 0 Å². The average molecular weight is 1200 g/mol. The summed E-state index contributed by atoms with van der Waals surface area (Å²) in [6.07, 6.45) is 5.52. The summed E-state index contributed by atoms with van der Waals surface area (Å²) in [6.45, 7) is 2.13. The average Bonchev–Trinajstić information content (AvgIpc) is 0.714. The van der Waals surface area contributed by atoms with Gasteiger partial charge < -0.3 is 14.4 Å². The fourth-order valence-electron chi connectivity index (χ4n) is 15.3. The summed E-state index contributed by atoms with van der Waals surface area (Å²) in [5.74, 6) is 0. The van der Waals surface area contributed by atoms with Gasteiger partial charge in [-0.1, -0.05) is 293 Å². The Morgan fingerprint density at radius 1 is 0.277 bits per heavy atom. The van der Waals surface area contributed by atoms with Crippen molar-refractivity contribution in [3.05, 3.63) is 339 Å². The molecule has 2 aliphatic rings. The van der Waals surface area contributed by atoms with Crippen molar-refractivity contribution in [3.8, 4) is 83.6 Å². The monoisotopic (exact) mass is 1200 g/mol. The molecule has 0 bridgehead atoms. The molecular weight excluding hydrogens is 1130 g/mol. The van der Waals surface area contributed by atoms with Crippen LogP contribution >= 0.6 is 0 Å². The molecule has 2 aliphatic heterocycles. The third-order valence-corrected chi connectivity index (χ3v) is 19.6. The second-order valence-corrected chi connectivity index (χ2v) is 25.3. The number of anilines is 6. The highest BCUT2D eigenvalue weighted by molar-refractivity contribution is 7.00. The fourth-order valence-corrected chi connectivity index (χ4v) is 15.3. The standard InChI is InChI=1S/C90H68BN3/c1-2-3-4-12-31-62-54-86-88-87(55-62)94(90-78(68-42-23-10-24-43-68)58-72(65-36-17-7-18-37-65)59-79(90)69-44-25-11-26-45-69)85-61-73(92-82-48-29-27-46-74(82)75-47-28-30-49-83(75)92)51-52-80(85)91(88)81-60-70(63-32-13-5-14-33-63)50-53-84(81)93(86)89-76(66-38-19-8-20-39-66)56-71(64-34-15-6-16-35-64)57-77(89)67-40-21-9-22-41-67/h5-11,13-30,32-61H,2-4,12,31H2,1H3. The van der Waals surface area contributed by atoms with E-state index in [1.54, 1.807) is 0 Å². The van der Waals surface area contributed by atoms with Crippen molar-refractivity contribution in [2.24, 2.45) is 0 Å². The maximum Gasteiger partial charge on any atom is 0.252 e. The van der Waals surface area contributed by atoms with Gasteiger partial charge in [0.25, 0.3) is 6.71 Å². The normalized spacial score (nSPS) is 12.2. The van der Waals surface area contributed by atoms with Crippen molar-refractivity contribution in [2.45, 2.75) is 39.0 Å². The van der Waals surface area contributed by atoms with Crippen LogP contribution in [-0.4, -0.2) is 11.3 Å². The fraction of sp³-hybridized carbons (Fsp3) is 0.0667. The van der Waals surface area contributed by atoms with Gasteiger partial charge in [0.2, 0.25) is 0 Å². The molecule has 1 aromatic heterocycles. The number of aromatic nitrogens is 1. The minimum atomic E-state index is -0.194. The van der Waals surface area contributed by atoms with Gasteiger partial charge in [-0.25, -0.2) is 0 Å². The molecular formula is C90H68BN3. The van der Waals surface area contributed by atoms with Crippen molar-refractivity contribution in [1.82, 2.24) is 4.57 Å². The minimum absolute atomic E-state index is 0.194. The van der Waals surface area contributed by atoms with Crippen molar-refractivity contribution in [2.75, 3.05) is 9.80 Å². The maximum atomic E-state index is 2.73. The Labute approximate surface area is 551 Å². The first-order valence-corrected chi connectivity index (χ1v) is 33.4. The molecule has 0 spiro atoms. The van der Waals surface area contributed by atoms with Crippen molar-refractivity contribution in [1.29, 1.82) is 0 Å². The third kappa shape index (κ3) is 9.93. The summed E-state index contributed by atoms with van der Waals surface area (Å²) >= 11 is 0. The van der Waals surface area contributed by atoms with Gasteiger partial charge in [-0.05, 0) is 157 Å². The van der Waals surface area contributed by atoms with Gasteiger partial charge in [-0.15, -0.1) is 0 Å². The van der Waals surface area contributed by atoms with Gasteiger partial charge in [0.15, 0.2) is 0 Å². The summed E-state index contributed by atoms with van der Waals surface area (Å²) in [7, 11) is 0. The Hall–Kier alpha value is -11.5. The van der Waals surface area contributed by atoms with Crippen LogP contribution in [0.15, 0.2) is 334 Å². The third-order valence-electron chi connectivity index (χ3n) is 19.6. The molecule has 3 nitrogen and oxygen atoms in total. The summed E-state index contributed by atoms with van der Waals surface area (Å²) in [5.41, 5.74) is 31.9. The second kappa shape index (κ2) is 24.3. The lowest BCUT2D eigenvalue weighted by molar-refractivity contribution is 0.667. The van der Waals surface area contributed by atoms with Crippen LogP contribution in [0.1, 0.15) is 38.2 Å². The SMILES string of the molecule is CCCCCCc1cc2c3c(c1)N(c1c(-c4ccccc4)cc(-c4ccccc4)cc1-c1ccccc1)c1cc(-n4c5ccccc5c5ccccc54)ccc1B3c1cc(-c3ccccc3)ccc1N2c1c(-c2ccccc2)cc(-c2ccccc2)cc1-c1ccccc1. The number of benzene rings is 14. The number of para-hydroxylation sites is 2. The molecule has 15 aromatic rings. The van der Waals surface area contributed by atoms with E-state index >= 15 is 0 Å². The topological polar surface area (TPSA) is 11.4 Å². The number of rotatable bonds is 15. The number of hydrogen-bond donors (Lipinski definition) is 0. The quantitative estimate of drug-likeness (QED) is 0.0749. The van der Waals surface area contributed by atoms with E-state index in [2.05, 4.69) is 355 Å². The van der Waals surface area contributed by atoms with E-state index in [-0.39, 0.29) is 6.71 Å². The summed E-state index contributed by atoms with van der Waals surface area (Å²) in [4.78, 5) is 5.44. The lowest BCUT2D eigenvalue weighted by atomic mass is 9.33. The van der Waals surface area contributed by atoms with Gasteiger partial charge in [-0.3, -0.25) is 0 Å². The van der Waals surface area contributed by atoms with E-state index in [1.807, 2.05) is 0 Å². The Kier molecular flexibility index (Phi) is 14.6. The van der Waals surface area contributed by atoms with Crippen molar-refractivity contribution in [3.63, 3.8) is 0 Å². The van der Waals surface area contributed by atoms with E-state index in [4.69, 9.17) is 0 Å². The lowest BCUT2D eigenvalue weighted by Gasteiger charge is -2.46. The van der Waals surface area contributed by atoms with E-state index in [1.165, 1.54) is 101 Å². The predicted molar refractivity (Wildman–Crippen MR) is 401 cm³/mol. The first kappa shape index (κ1) is 56.5. The summed E-state index contributed by atoms with van der Waals surface area (Å²) < 4.78 is 2.50. The first-order valence-electron chi connectivity index (χ1n) is 33.4. The zero-order chi connectivity index (χ0) is 62.5. The van der Waals surface area contributed by atoms with Crippen LogP contribution in [0.2, 0.25) is 0 Å². The minimum Gasteiger partial charge on any atom is -0.310 e. The molecule has 0 radical (unpaired) electrons. The van der Waals surface area contributed by atoms with Gasteiger partial charge in [0.1, 0.15) is 0 Å². The molecule has 0 fully saturated rings. The number of fused-ring (bicyclic) bond motifs is 7. The van der Waals surface area contributed by atoms with Crippen molar-refractivity contribution < 1.29 is 0 Å². The van der Waals surface area contributed by atoms with E-state index in [9.17, 15) is 0 Å². The van der Waals surface area contributed by atoms with Gasteiger partial charge in [0, 0.05) is 61.5 Å². The first-order chi connectivity index (χ1) is 46.6. The Morgan fingerprint density at radius 3 is 1.11 bits per heavy atom. The Morgan fingerprint density at radius 2 is 0.670 bits per heavy atom. The molecule has 94 heavy (non-hydrogen) atoms. The summed E-state index contributed by atoms with van der Waals surface area (Å²) in [6, 6.07) is 125. The number of unbranched alkanes of at least 4 members (excludes halogenated alkanes) is 3. The van der Waals surface area contributed by atoms with Crippen LogP contribution in [0, 0.1) is 0 Å². The molecule has 0 saturated carbocycles. The maximum absolute atomic E-state index is 2.73. The molecule has 14 aromatic carbocycles. The Balaban J connectivity index is 1.05. The van der Waals surface area contributed by atoms with Gasteiger partial charge in [0.05, 0.1) is 22.4 Å². The van der Waals surface area contributed by atoms with Crippen LogP contribution in [0.25, 0.3) is 105 Å². The van der Waals surface area contributed by atoms with Gasteiger partial charge >= 0.3 is 0 Å². The molecule has 0 saturated heterocycles. The molecule has 0 unspecified atom stereocenters. The highest BCUT2D eigenvalue weighted by Gasteiger charge is 2.46. The zero-order valence-electron chi connectivity index (χ0n) is 52.7. The Bertz CT molecular complexity index is 5110. The van der Waals surface area contributed by atoms with Crippen LogP contribution in [0.5, 0.6) is 0 Å². The molecule has 446 valence electrons. The molecule has 0 atom stereocenters. The molecule has 4 heteroatoms. The van der Waals surface area contributed by atoms with E-state index in [0.29, 0.717) is 0 Å². The number of nitrogens with zero attached hydrogens (tertiary/aromatic N) is 3. The zero-order valence-corrected chi connectivity index (χ0v) is 52.7. The van der Waals surface area contributed by atoms with Crippen molar-refractivity contribution >= 4 is 79.0 Å². The molecule has 3 heterocycles. The predicted octanol–water partition coefficient (Wildman–Crippen LogP) is 22.7. The second-order valence-electron chi connectivity index (χ2n) is 25.3. The lowest BCUT2D eigenvalue weighted by Crippen LogP contribution is -2.61. The van der Waals surface area contributed by atoms with Crippen LogP contribution in [0.3, 0.4) is 0 Å². The summed E-state index contributed by atoms with van der Waals surface area (Å²) in [5, 5.41) is 2.47. The molecule has 17 rings (SSSR count). The highest BCUT2D eigenvalue weighted by atomic mass is 15.2. The smallest absolute Gasteiger partial charge is 0.252 e. The number of hydrogen-bond acceptors (Lipinski definition) is 2. The molecule has 0 amide bonds.